The van der Waals surface area contributed by atoms with Crippen molar-refractivity contribution in [3.63, 3.8) is 0 Å². The predicted octanol–water partition coefficient (Wildman–Crippen LogP) is 5.04. The molecule has 9 heteroatoms. The Morgan fingerprint density at radius 2 is 1.73 bits per heavy atom. The Labute approximate surface area is 239 Å². The van der Waals surface area contributed by atoms with Crippen molar-refractivity contribution in [2.45, 2.75) is 78.0 Å². The molecular formula is C32H34N6O3. The average molecular weight is 551 g/mol. The fraction of sp³-hybridized carbons (Fsp3) is 0.406. The first-order chi connectivity index (χ1) is 19.5. The second-order valence-corrected chi connectivity index (χ2v) is 12.0. The van der Waals surface area contributed by atoms with Gasteiger partial charge in [0.2, 0.25) is 11.8 Å². The van der Waals surface area contributed by atoms with Crippen LogP contribution >= 0.6 is 0 Å². The third-order valence-corrected chi connectivity index (χ3v) is 9.11. The summed E-state index contributed by atoms with van der Waals surface area (Å²) in [6.45, 7) is 9.72. The molecule has 9 nitrogen and oxygen atoms in total. The summed E-state index contributed by atoms with van der Waals surface area (Å²) in [5.41, 5.74) is 4.29. The van der Waals surface area contributed by atoms with Crippen molar-refractivity contribution in [2.75, 3.05) is 0 Å². The summed E-state index contributed by atoms with van der Waals surface area (Å²) in [5.74, 6) is -0.0206. The molecule has 1 aliphatic carbocycles. The molecule has 3 heterocycles. The van der Waals surface area contributed by atoms with Crippen LogP contribution in [0.2, 0.25) is 0 Å². The van der Waals surface area contributed by atoms with Gasteiger partial charge in [-0.15, -0.1) is 0 Å². The number of nitrogens with zero attached hydrogens (tertiary/aromatic N) is 5. The minimum atomic E-state index is -1.45. The molecule has 1 saturated carbocycles. The van der Waals surface area contributed by atoms with Crippen LogP contribution < -0.4 is 5.32 Å². The molecule has 210 valence electrons. The first-order valence-electron chi connectivity index (χ1n) is 14.0. The van der Waals surface area contributed by atoms with Crippen LogP contribution in [0.15, 0.2) is 59.0 Å². The Morgan fingerprint density at radius 1 is 1.00 bits per heavy atom. The number of azo groups is 1. The number of carbonyl (C=O) groups is 3. The fourth-order valence-electron chi connectivity index (χ4n) is 6.42. The number of Topliss-reactive ketones (excluding diaryl/α,β-unsaturated/α-hetero) is 1. The number of amides is 2. The summed E-state index contributed by atoms with van der Waals surface area (Å²) in [4.78, 5) is 51.2. The van der Waals surface area contributed by atoms with E-state index in [-0.39, 0.29) is 35.5 Å². The van der Waals surface area contributed by atoms with Crippen LogP contribution in [-0.2, 0) is 26.5 Å². The van der Waals surface area contributed by atoms with Crippen molar-refractivity contribution in [3.05, 3.63) is 76.9 Å². The Bertz CT molecular complexity index is 1620. The molecular weight excluding hydrogens is 516 g/mol. The summed E-state index contributed by atoms with van der Waals surface area (Å²) in [6.07, 6.45) is 4.75. The van der Waals surface area contributed by atoms with Gasteiger partial charge in [-0.2, -0.15) is 10.2 Å². The van der Waals surface area contributed by atoms with E-state index in [1.807, 2.05) is 57.2 Å². The van der Waals surface area contributed by atoms with E-state index in [2.05, 4.69) is 32.4 Å². The van der Waals surface area contributed by atoms with Crippen LogP contribution in [0.25, 0.3) is 11.1 Å². The van der Waals surface area contributed by atoms with Gasteiger partial charge in [-0.3, -0.25) is 14.4 Å². The van der Waals surface area contributed by atoms with Gasteiger partial charge in [0.1, 0.15) is 11.9 Å². The van der Waals surface area contributed by atoms with Gasteiger partial charge < -0.3 is 10.2 Å². The van der Waals surface area contributed by atoms with Crippen molar-refractivity contribution in [1.29, 1.82) is 0 Å². The van der Waals surface area contributed by atoms with E-state index in [4.69, 9.17) is 0 Å². The number of carbonyl (C=O) groups excluding carboxylic acids is 3. The normalized spacial score (nSPS) is 25.5. The smallest absolute Gasteiger partial charge is 0.243 e. The van der Waals surface area contributed by atoms with Crippen molar-refractivity contribution in [3.8, 4) is 11.1 Å². The summed E-state index contributed by atoms with van der Waals surface area (Å²) in [6, 6.07) is 11.1. The number of ketones is 1. The Morgan fingerprint density at radius 3 is 2.44 bits per heavy atom. The van der Waals surface area contributed by atoms with E-state index in [0.717, 1.165) is 34.2 Å². The topological polar surface area (TPSA) is 117 Å². The lowest BCUT2D eigenvalue weighted by Gasteiger charge is -2.31. The molecule has 3 aliphatic rings. The first kappa shape index (κ1) is 26.9. The van der Waals surface area contributed by atoms with Gasteiger partial charge in [0.15, 0.2) is 11.3 Å². The molecule has 1 saturated heterocycles. The maximum Gasteiger partial charge on any atom is 0.243 e. The molecule has 2 amide bonds. The number of benzene rings is 2. The van der Waals surface area contributed by atoms with Gasteiger partial charge in [-0.25, -0.2) is 9.97 Å². The van der Waals surface area contributed by atoms with Crippen LogP contribution in [0.1, 0.15) is 61.2 Å². The first-order valence-corrected chi connectivity index (χ1v) is 14.0. The number of nitrogens with one attached hydrogen (secondary N) is 1. The summed E-state index contributed by atoms with van der Waals surface area (Å²) >= 11 is 0. The predicted molar refractivity (Wildman–Crippen MR) is 153 cm³/mol. The molecule has 2 fully saturated rings. The van der Waals surface area contributed by atoms with Gasteiger partial charge in [-0.05, 0) is 80.3 Å². The quantitative estimate of drug-likeness (QED) is 0.443. The maximum absolute atomic E-state index is 14.1. The third kappa shape index (κ3) is 4.53. The summed E-state index contributed by atoms with van der Waals surface area (Å²) < 4.78 is 0. The molecule has 2 aliphatic heterocycles. The summed E-state index contributed by atoms with van der Waals surface area (Å²) in [5, 5.41) is 11.9. The van der Waals surface area contributed by atoms with Gasteiger partial charge in [-0.1, -0.05) is 31.2 Å². The molecule has 2 aromatic carbocycles. The number of aromatic nitrogens is 2. The Balaban J connectivity index is 1.28. The number of aryl methyl sites for hydroxylation is 3. The number of piperidine rings is 1. The van der Waals surface area contributed by atoms with Gasteiger partial charge in [0.05, 0.1) is 12.1 Å². The molecule has 3 aromatic rings. The third-order valence-electron chi connectivity index (χ3n) is 9.11. The average Bonchev–Trinajstić information content (AvgIpc) is 3.29. The highest BCUT2D eigenvalue weighted by molar-refractivity contribution is 5.98. The number of likely N-dealkylation sites (tertiary alicyclic amines) is 1. The highest BCUT2D eigenvalue weighted by Gasteiger charge is 2.65. The van der Waals surface area contributed by atoms with Crippen LogP contribution in [0, 0.1) is 26.2 Å². The van der Waals surface area contributed by atoms with Crippen LogP contribution in [0.5, 0.6) is 0 Å². The molecule has 1 N–H and O–H groups in total. The lowest BCUT2D eigenvalue weighted by atomic mass is 9.81. The number of hydrogen-bond acceptors (Lipinski definition) is 7. The van der Waals surface area contributed by atoms with Crippen LogP contribution in [0.3, 0.4) is 0 Å². The zero-order valence-corrected chi connectivity index (χ0v) is 24.1. The molecule has 0 spiro atoms. The Hall–Kier alpha value is -4.27. The zero-order valence-electron chi connectivity index (χ0n) is 24.1. The molecule has 4 atom stereocenters. The molecule has 0 radical (unpaired) electrons. The zero-order chi connectivity index (χ0) is 29.1. The van der Waals surface area contributed by atoms with Gasteiger partial charge in [0.25, 0.3) is 0 Å². The van der Waals surface area contributed by atoms with Gasteiger partial charge >= 0.3 is 0 Å². The second kappa shape index (κ2) is 9.68. The largest absolute Gasteiger partial charge is 0.350 e. The molecule has 0 bridgehead atoms. The SMILES string of the molecule is CC(=O)C1(CC(=O)N2[C@H](C(=O)NCc3ccccc3C)C[C@@]3(C)C[C@@H]23)N=Nc2c(C)cc(-c3cnc(C)nc3)cc21. The monoisotopic (exact) mass is 550 g/mol. The minimum Gasteiger partial charge on any atom is -0.350 e. The summed E-state index contributed by atoms with van der Waals surface area (Å²) in [7, 11) is 0. The number of hydrogen-bond donors (Lipinski definition) is 1. The second-order valence-electron chi connectivity index (χ2n) is 12.0. The van der Waals surface area contributed by atoms with Crippen LogP contribution in [-0.4, -0.2) is 44.5 Å². The lowest BCUT2D eigenvalue weighted by Crippen LogP contribution is -2.49. The molecule has 6 rings (SSSR count). The van der Waals surface area contributed by atoms with Crippen molar-refractivity contribution in [2.24, 2.45) is 15.6 Å². The fourth-order valence-corrected chi connectivity index (χ4v) is 6.42. The van der Waals surface area contributed by atoms with Crippen LogP contribution in [0.4, 0.5) is 5.69 Å². The van der Waals surface area contributed by atoms with E-state index in [1.165, 1.54) is 6.92 Å². The molecule has 1 aromatic heterocycles. The van der Waals surface area contributed by atoms with E-state index in [0.29, 0.717) is 30.0 Å². The van der Waals surface area contributed by atoms with E-state index in [9.17, 15) is 14.4 Å². The van der Waals surface area contributed by atoms with E-state index in [1.54, 1.807) is 17.3 Å². The number of rotatable bonds is 7. The van der Waals surface area contributed by atoms with Crippen molar-refractivity contribution < 1.29 is 14.4 Å². The minimum absolute atomic E-state index is 0.0243. The Kier molecular flexibility index (Phi) is 6.36. The molecule has 41 heavy (non-hydrogen) atoms. The number of fused-ring (bicyclic) bond motifs is 2. The highest BCUT2D eigenvalue weighted by atomic mass is 16.2. The van der Waals surface area contributed by atoms with E-state index >= 15 is 0 Å². The van der Waals surface area contributed by atoms with E-state index < -0.39 is 11.6 Å². The van der Waals surface area contributed by atoms with Gasteiger partial charge in [0, 0.05) is 36.1 Å². The molecule has 1 unspecified atom stereocenters. The standard InChI is InChI=1S/C32H34N6O3/c1-18-8-6-7-9-22(18)15-35-30(41)26-12-31(5)13-27(31)38(26)28(40)14-32(20(3)39)25-11-23(10-19(2)29(25)36-37-32)24-16-33-21(4)34-17-24/h6-11,16-17,26-27H,12-15H2,1-5H3,(H,35,41)/t26-,27+,31-,32?/m0/s1. The van der Waals surface area contributed by atoms with Crippen molar-refractivity contribution in [1.82, 2.24) is 20.2 Å². The highest BCUT2D eigenvalue weighted by Crippen LogP contribution is 2.60. The lowest BCUT2D eigenvalue weighted by molar-refractivity contribution is -0.142. The maximum atomic E-state index is 14.1. The van der Waals surface area contributed by atoms with Crippen molar-refractivity contribution >= 4 is 23.3 Å².